The Hall–Kier alpha value is -1.14. The van der Waals surface area contributed by atoms with Crippen molar-refractivity contribution < 1.29 is 19.4 Å². The van der Waals surface area contributed by atoms with Crippen molar-refractivity contribution in [2.45, 2.75) is 31.3 Å². The lowest BCUT2D eigenvalue weighted by Crippen LogP contribution is -2.44. The Balaban J connectivity index is 1.79. The molecule has 6 nitrogen and oxygen atoms in total. The molecule has 0 aromatic carbocycles. The van der Waals surface area contributed by atoms with Crippen molar-refractivity contribution in [2.24, 2.45) is 5.92 Å². The van der Waals surface area contributed by atoms with Gasteiger partial charge in [-0.3, -0.25) is 9.59 Å². The summed E-state index contributed by atoms with van der Waals surface area (Å²) in [5.41, 5.74) is 0. The number of amides is 1. The summed E-state index contributed by atoms with van der Waals surface area (Å²) in [5, 5.41) is 14.9. The molecule has 3 unspecified atom stereocenters. The lowest BCUT2D eigenvalue weighted by Gasteiger charge is -2.17. The monoisotopic (exact) mass is 242 g/mol. The van der Waals surface area contributed by atoms with Crippen molar-refractivity contribution in [1.82, 2.24) is 10.6 Å². The van der Waals surface area contributed by atoms with Crippen LogP contribution in [0.4, 0.5) is 0 Å². The van der Waals surface area contributed by atoms with Crippen molar-refractivity contribution >= 4 is 11.9 Å². The van der Waals surface area contributed by atoms with E-state index < -0.39 is 11.9 Å². The lowest BCUT2D eigenvalue weighted by molar-refractivity contribution is -0.142. The highest BCUT2D eigenvalue weighted by Crippen LogP contribution is 2.15. The van der Waals surface area contributed by atoms with Gasteiger partial charge in [0.1, 0.15) is 5.92 Å². The van der Waals surface area contributed by atoms with Crippen LogP contribution in [-0.4, -0.2) is 48.8 Å². The predicted molar refractivity (Wildman–Crippen MR) is 59.5 cm³/mol. The van der Waals surface area contributed by atoms with Gasteiger partial charge in [-0.2, -0.15) is 0 Å². The van der Waals surface area contributed by atoms with E-state index in [4.69, 9.17) is 9.84 Å². The van der Waals surface area contributed by atoms with E-state index >= 15 is 0 Å². The van der Waals surface area contributed by atoms with E-state index in [0.29, 0.717) is 13.0 Å². The fraction of sp³-hybridized carbons (Fsp3) is 0.818. The molecule has 2 rings (SSSR count). The number of carboxylic acids is 1. The SMILES string of the molecule is O=C(CC1CCCN1)NC1COCC1C(=O)O. The summed E-state index contributed by atoms with van der Waals surface area (Å²) < 4.78 is 5.09. The molecule has 0 radical (unpaired) electrons. The average molecular weight is 242 g/mol. The van der Waals surface area contributed by atoms with Crippen LogP contribution in [0.25, 0.3) is 0 Å². The fourth-order valence-corrected chi connectivity index (χ4v) is 2.36. The first-order valence-corrected chi connectivity index (χ1v) is 6.00. The number of carbonyl (C=O) groups is 2. The summed E-state index contributed by atoms with van der Waals surface area (Å²) >= 11 is 0. The standard InChI is InChI=1S/C11H18N2O4/c14-10(4-7-2-1-3-12-7)13-9-6-17-5-8(9)11(15)16/h7-9,12H,1-6H2,(H,13,14)(H,15,16). The van der Waals surface area contributed by atoms with Crippen LogP contribution in [0.3, 0.4) is 0 Å². The van der Waals surface area contributed by atoms with Gasteiger partial charge in [-0.05, 0) is 19.4 Å². The highest BCUT2D eigenvalue weighted by Gasteiger charge is 2.35. The normalized spacial score (nSPS) is 32.6. The second-order valence-electron chi connectivity index (χ2n) is 4.65. The lowest BCUT2D eigenvalue weighted by atomic mass is 10.0. The zero-order valence-electron chi connectivity index (χ0n) is 9.65. The van der Waals surface area contributed by atoms with Crippen LogP contribution in [0.1, 0.15) is 19.3 Å². The van der Waals surface area contributed by atoms with Gasteiger partial charge >= 0.3 is 5.97 Å². The molecule has 0 bridgehead atoms. The van der Waals surface area contributed by atoms with Crippen LogP contribution in [0, 0.1) is 5.92 Å². The number of rotatable bonds is 4. The van der Waals surface area contributed by atoms with E-state index in [1.54, 1.807) is 0 Å². The largest absolute Gasteiger partial charge is 0.481 e. The van der Waals surface area contributed by atoms with Gasteiger partial charge in [-0.15, -0.1) is 0 Å². The molecular weight excluding hydrogens is 224 g/mol. The minimum absolute atomic E-state index is 0.0915. The van der Waals surface area contributed by atoms with Gasteiger partial charge in [0.15, 0.2) is 0 Å². The zero-order chi connectivity index (χ0) is 12.3. The van der Waals surface area contributed by atoms with E-state index in [2.05, 4.69) is 10.6 Å². The molecule has 3 atom stereocenters. The van der Waals surface area contributed by atoms with Crippen LogP contribution in [0.2, 0.25) is 0 Å². The van der Waals surface area contributed by atoms with E-state index in [1.807, 2.05) is 0 Å². The van der Waals surface area contributed by atoms with Crippen LogP contribution in [-0.2, 0) is 14.3 Å². The summed E-state index contributed by atoms with van der Waals surface area (Å²) in [6.07, 6.45) is 2.53. The second-order valence-corrected chi connectivity index (χ2v) is 4.65. The average Bonchev–Trinajstić information content (AvgIpc) is 2.88. The molecule has 3 N–H and O–H groups in total. The van der Waals surface area contributed by atoms with Gasteiger partial charge in [-0.1, -0.05) is 0 Å². The summed E-state index contributed by atoms with van der Waals surface area (Å²) in [5.74, 6) is -1.62. The Morgan fingerprint density at radius 1 is 1.41 bits per heavy atom. The first kappa shape index (κ1) is 12.3. The Morgan fingerprint density at radius 3 is 2.88 bits per heavy atom. The summed E-state index contributed by atoms with van der Waals surface area (Å²) in [6, 6.07) is -0.151. The fourth-order valence-electron chi connectivity index (χ4n) is 2.36. The van der Waals surface area contributed by atoms with Crippen molar-refractivity contribution in [3.63, 3.8) is 0 Å². The van der Waals surface area contributed by atoms with E-state index in [9.17, 15) is 9.59 Å². The molecule has 17 heavy (non-hydrogen) atoms. The number of nitrogens with one attached hydrogen (secondary N) is 2. The molecule has 2 heterocycles. The maximum atomic E-state index is 11.7. The van der Waals surface area contributed by atoms with Gasteiger partial charge in [0.25, 0.3) is 0 Å². The van der Waals surface area contributed by atoms with Crippen molar-refractivity contribution in [3.05, 3.63) is 0 Å². The van der Waals surface area contributed by atoms with E-state index in [0.717, 1.165) is 19.4 Å². The maximum Gasteiger partial charge on any atom is 0.311 e. The molecule has 2 aliphatic rings. The molecule has 0 aromatic heterocycles. The molecule has 1 amide bonds. The molecule has 0 saturated carbocycles. The molecule has 6 heteroatoms. The number of hydrogen-bond acceptors (Lipinski definition) is 4. The molecule has 2 saturated heterocycles. The molecular formula is C11H18N2O4. The van der Waals surface area contributed by atoms with Crippen molar-refractivity contribution in [2.75, 3.05) is 19.8 Å². The summed E-state index contributed by atoms with van der Waals surface area (Å²) in [7, 11) is 0. The number of aliphatic carboxylic acids is 1. The van der Waals surface area contributed by atoms with Crippen molar-refractivity contribution in [1.29, 1.82) is 0 Å². The van der Waals surface area contributed by atoms with Gasteiger partial charge in [0.05, 0.1) is 19.3 Å². The second kappa shape index (κ2) is 5.46. The van der Waals surface area contributed by atoms with Crippen LogP contribution < -0.4 is 10.6 Å². The Bertz CT molecular complexity index is 302. The van der Waals surface area contributed by atoms with Gasteiger partial charge in [0.2, 0.25) is 5.91 Å². The smallest absolute Gasteiger partial charge is 0.311 e. The predicted octanol–water partition coefficient (Wildman–Crippen LogP) is -0.656. The van der Waals surface area contributed by atoms with Crippen molar-refractivity contribution in [3.8, 4) is 0 Å². The molecule has 0 aromatic rings. The minimum atomic E-state index is -0.910. The van der Waals surface area contributed by atoms with Crippen LogP contribution in [0.5, 0.6) is 0 Å². The third-order valence-electron chi connectivity index (χ3n) is 3.34. The zero-order valence-corrected chi connectivity index (χ0v) is 9.65. The van der Waals surface area contributed by atoms with Gasteiger partial charge in [-0.25, -0.2) is 0 Å². The molecule has 0 spiro atoms. The van der Waals surface area contributed by atoms with Crippen LogP contribution >= 0.6 is 0 Å². The number of hydrogen-bond donors (Lipinski definition) is 3. The van der Waals surface area contributed by atoms with Gasteiger partial charge < -0.3 is 20.5 Å². The van der Waals surface area contributed by atoms with E-state index in [-0.39, 0.29) is 24.6 Å². The van der Waals surface area contributed by atoms with Crippen LogP contribution in [0.15, 0.2) is 0 Å². The summed E-state index contributed by atoms with van der Waals surface area (Å²) in [6.45, 7) is 1.44. The topological polar surface area (TPSA) is 87.7 Å². The first-order chi connectivity index (χ1) is 8.16. The Labute approximate surface area is 99.7 Å². The molecule has 0 aliphatic carbocycles. The maximum absolute atomic E-state index is 11.7. The van der Waals surface area contributed by atoms with Gasteiger partial charge in [0, 0.05) is 12.5 Å². The Kier molecular flexibility index (Phi) is 3.96. The molecule has 2 fully saturated rings. The number of carboxylic acid groups (broad SMARTS) is 1. The third-order valence-corrected chi connectivity index (χ3v) is 3.34. The number of carbonyl (C=O) groups excluding carboxylic acids is 1. The Morgan fingerprint density at radius 2 is 2.24 bits per heavy atom. The minimum Gasteiger partial charge on any atom is -0.481 e. The quantitative estimate of drug-likeness (QED) is 0.609. The molecule has 2 aliphatic heterocycles. The first-order valence-electron chi connectivity index (χ1n) is 6.00. The number of ether oxygens (including phenoxy) is 1. The third kappa shape index (κ3) is 3.17. The highest BCUT2D eigenvalue weighted by atomic mass is 16.5. The van der Waals surface area contributed by atoms with E-state index in [1.165, 1.54) is 0 Å². The highest BCUT2D eigenvalue weighted by molar-refractivity contribution is 5.79. The molecule has 96 valence electrons. The summed E-state index contributed by atoms with van der Waals surface area (Å²) in [4.78, 5) is 22.6.